The second-order valence-electron chi connectivity index (χ2n) is 3.23. The number of nitrogens with zero attached hydrogens (tertiary/aromatic N) is 1. The van der Waals surface area contributed by atoms with Crippen LogP contribution in [0.5, 0.6) is 0 Å². The molecule has 0 fully saturated rings. The third kappa shape index (κ3) is 2.31. The van der Waals surface area contributed by atoms with E-state index in [9.17, 15) is 9.18 Å². The van der Waals surface area contributed by atoms with E-state index in [1.54, 1.807) is 6.07 Å². The molecule has 1 aromatic heterocycles. The van der Waals surface area contributed by atoms with Gasteiger partial charge in [-0.2, -0.15) is 0 Å². The molecule has 4 nitrogen and oxygen atoms in total. The Morgan fingerprint density at radius 2 is 2.24 bits per heavy atom. The van der Waals surface area contributed by atoms with E-state index in [1.807, 2.05) is 6.26 Å². The summed E-state index contributed by atoms with van der Waals surface area (Å²) < 4.78 is 17.8. The number of rotatable bonds is 3. The SMILES string of the molecule is CSc1ccc(F)cc1-c1cc(C(=O)O)on1. The molecule has 0 saturated carbocycles. The van der Waals surface area contributed by atoms with E-state index in [0.717, 1.165) is 4.90 Å². The summed E-state index contributed by atoms with van der Waals surface area (Å²) in [6, 6.07) is 5.53. The third-order valence-corrected chi connectivity index (χ3v) is 2.95. The number of hydrogen-bond acceptors (Lipinski definition) is 4. The first kappa shape index (κ1) is 11.7. The van der Waals surface area contributed by atoms with Crippen molar-refractivity contribution >= 4 is 17.7 Å². The number of aromatic carboxylic acids is 1. The maximum absolute atomic E-state index is 13.2. The first-order valence-corrected chi connectivity index (χ1v) is 5.88. The molecule has 88 valence electrons. The smallest absolute Gasteiger partial charge is 0.374 e. The molecule has 0 aliphatic carbocycles. The van der Waals surface area contributed by atoms with Crippen LogP contribution in [0.4, 0.5) is 4.39 Å². The van der Waals surface area contributed by atoms with Gasteiger partial charge in [-0.15, -0.1) is 11.8 Å². The monoisotopic (exact) mass is 253 g/mol. The van der Waals surface area contributed by atoms with Gasteiger partial charge in [-0.25, -0.2) is 9.18 Å². The zero-order valence-corrected chi connectivity index (χ0v) is 9.62. The number of carbonyl (C=O) groups is 1. The highest BCUT2D eigenvalue weighted by Gasteiger charge is 2.15. The fraction of sp³-hybridized carbons (Fsp3) is 0.0909. The molecule has 0 spiro atoms. The van der Waals surface area contributed by atoms with E-state index < -0.39 is 11.8 Å². The topological polar surface area (TPSA) is 63.3 Å². The van der Waals surface area contributed by atoms with E-state index in [-0.39, 0.29) is 5.76 Å². The van der Waals surface area contributed by atoms with Gasteiger partial charge < -0.3 is 9.63 Å². The Bertz CT molecular complexity index is 568. The summed E-state index contributed by atoms with van der Waals surface area (Å²) in [5.74, 6) is -1.88. The average molecular weight is 253 g/mol. The molecule has 0 aliphatic heterocycles. The van der Waals surface area contributed by atoms with E-state index in [0.29, 0.717) is 11.3 Å². The van der Waals surface area contributed by atoms with Gasteiger partial charge in [0.05, 0.1) is 0 Å². The van der Waals surface area contributed by atoms with Gasteiger partial charge in [-0.3, -0.25) is 0 Å². The van der Waals surface area contributed by atoms with Gasteiger partial charge in [-0.1, -0.05) is 5.16 Å². The molecule has 1 aromatic carbocycles. The Labute approximate surface area is 100 Å². The van der Waals surface area contributed by atoms with Crippen LogP contribution in [0.25, 0.3) is 11.3 Å². The molecule has 0 atom stereocenters. The number of aromatic nitrogens is 1. The van der Waals surface area contributed by atoms with E-state index in [1.165, 1.54) is 30.0 Å². The van der Waals surface area contributed by atoms with E-state index >= 15 is 0 Å². The van der Waals surface area contributed by atoms with Gasteiger partial charge in [0.25, 0.3) is 0 Å². The molecule has 1 N–H and O–H groups in total. The fourth-order valence-corrected chi connectivity index (χ4v) is 1.97. The Balaban J connectivity index is 2.51. The van der Waals surface area contributed by atoms with Crippen molar-refractivity contribution in [3.05, 3.63) is 35.8 Å². The van der Waals surface area contributed by atoms with Gasteiger partial charge in [0, 0.05) is 16.5 Å². The molecule has 2 aromatic rings. The van der Waals surface area contributed by atoms with Crippen molar-refractivity contribution < 1.29 is 18.8 Å². The van der Waals surface area contributed by atoms with Gasteiger partial charge in [-0.05, 0) is 24.5 Å². The normalized spacial score (nSPS) is 10.5. The zero-order valence-electron chi connectivity index (χ0n) is 8.81. The van der Waals surface area contributed by atoms with Crippen LogP contribution < -0.4 is 0 Å². The van der Waals surface area contributed by atoms with Crippen LogP contribution >= 0.6 is 11.8 Å². The Morgan fingerprint density at radius 3 is 2.82 bits per heavy atom. The highest BCUT2D eigenvalue weighted by atomic mass is 32.2. The lowest BCUT2D eigenvalue weighted by atomic mass is 10.1. The molecule has 6 heteroatoms. The number of benzene rings is 1. The molecule has 0 radical (unpaired) electrons. The fourth-order valence-electron chi connectivity index (χ4n) is 1.38. The average Bonchev–Trinajstić information content (AvgIpc) is 2.78. The van der Waals surface area contributed by atoms with Crippen LogP contribution in [0.1, 0.15) is 10.6 Å². The standard InChI is InChI=1S/C11H8FNO3S/c1-17-10-3-2-6(12)4-7(10)8-5-9(11(14)15)16-13-8/h2-5H,1H3,(H,14,15). The van der Waals surface area contributed by atoms with Crippen molar-refractivity contribution in [3.63, 3.8) is 0 Å². The van der Waals surface area contributed by atoms with Crippen molar-refractivity contribution in [2.24, 2.45) is 0 Å². The van der Waals surface area contributed by atoms with Gasteiger partial charge in [0.2, 0.25) is 5.76 Å². The van der Waals surface area contributed by atoms with Gasteiger partial charge in [0.15, 0.2) is 0 Å². The maximum Gasteiger partial charge on any atom is 0.374 e. The third-order valence-electron chi connectivity index (χ3n) is 2.16. The number of hydrogen-bond donors (Lipinski definition) is 1. The van der Waals surface area contributed by atoms with Gasteiger partial charge >= 0.3 is 5.97 Å². The molecule has 0 aliphatic rings. The predicted molar refractivity (Wildman–Crippen MR) is 60.6 cm³/mol. The van der Waals surface area contributed by atoms with Crippen molar-refractivity contribution in [1.29, 1.82) is 0 Å². The number of carboxylic acid groups (broad SMARTS) is 1. The van der Waals surface area contributed by atoms with Gasteiger partial charge in [0.1, 0.15) is 11.5 Å². The molecule has 0 saturated heterocycles. The summed E-state index contributed by atoms with van der Waals surface area (Å²) in [7, 11) is 0. The number of halogens is 1. The van der Waals surface area contributed by atoms with Crippen LogP contribution in [-0.2, 0) is 0 Å². The predicted octanol–water partition coefficient (Wildman–Crippen LogP) is 2.90. The summed E-state index contributed by atoms with van der Waals surface area (Å²) in [6.45, 7) is 0. The van der Waals surface area contributed by atoms with Crippen LogP contribution in [0.15, 0.2) is 33.7 Å². The Morgan fingerprint density at radius 1 is 1.47 bits per heavy atom. The minimum absolute atomic E-state index is 0.267. The zero-order chi connectivity index (χ0) is 12.4. The van der Waals surface area contributed by atoms with Crippen LogP contribution in [-0.4, -0.2) is 22.5 Å². The minimum Gasteiger partial charge on any atom is -0.475 e. The van der Waals surface area contributed by atoms with Crippen molar-refractivity contribution in [1.82, 2.24) is 5.16 Å². The molecular weight excluding hydrogens is 245 g/mol. The molecule has 0 unspecified atom stereocenters. The highest BCUT2D eigenvalue weighted by molar-refractivity contribution is 7.98. The van der Waals surface area contributed by atoms with Crippen molar-refractivity contribution in [2.75, 3.05) is 6.26 Å². The summed E-state index contributed by atoms with van der Waals surface area (Å²) in [5, 5.41) is 12.3. The first-order valence-electron chi connectivity index (χ1n) is 4.65. The maximum atomic E-state index is 13.2. The van der Waals surface area contributed by atoms with Crippen LogP contribution in [0.3, 0.4) is 0 Å². The van der Waals surface area contributed by atoms with Crippen LogP contribution in [0.2, 0.25) is 0 Å². The summed E-state index contributed by atoms with van der Waals surface area (Å²) in [6.07, 6.45) is 1.84. The quantitative estimate of drug-likeness (QED) is 0.852. The highest BCUT2D eigenvalue weighted by Crippen LogP contribution is 2.30. The minimum atomic E-state index is -1.20. The molecule has 1 heterocycles. The molecular formula is C11H8FNO3S. The second-order valence-corrected chi connectivity index (χ2v) is 4.07. The largest absolute Gasteiger partial charge is 0.475 e. The summed E-state index contributed by atoms with van der Waals surface area (Å²) in [5.41, 5.74) is 0.833. The lowest BCUT2D eigenvalue weighted by molar-refractivity contribution is 0.0652. The van der Waals surface area contributed by atoms with E-state index in [2.05, 4.69) is 9.68 Å². The molecule has 0 bridgehead atoms. The van der Waals surface area contributed by atoms with Crippen LogP contribution in [0, 0.1) is 5.82 Å². The second kappa shape index (κ2) is 4.58. The van der Waals surface area contributed by atoms with Crippen molar-refractivity contribution in [2.45, 2.75) is 4.90 Å². The lowest BCUT2D eigenvalue weighted by Crippen LogP contribution is -1.91. The Hall–Kier alpha value is -1.82. The van der Waals surface area contributed by atoms with Crippen molar-refractivity contribution in [3.8, 4) is 11.3 Å². The molecule has 17 heavy (non-hydrogen) atoms. The Kier molecular flexibility index (Phi) is 3.14. The molecule has 0 amide bonds. The molecule has 2 rings (SSSR count). The first-order chi connectivity index (χ1) is 8.11. The number of carboxylic acids is 1. The van der Waals surface area contributed by atoms with E-state index in [4.69, 9.17) is 5.11 Å². The number of thioether (sulfide) groups is 1. The summed E-state index contributed by atoms with van der Waals surface area (Å²) >= 11 is 1.42. The lowest BCUT2D eigenvalue weighted by Gasteiger charge is -2.03. The summed E-state index contributed by atoms with van der Waals surface area (Å²) in [4.78, 5) is 11.5.